The Morgan fingerprint density at radius 1 is 0.667 bits per heavy atom. The smallest absolute Gasteiger partial charge is 0.0812 e. The van der Waals surface area contributed by atoms with E-state index in [1.807, 2.05) is 55.0 Å². The minimum absolute atomic E-state index is 0. The SMILES string of the molecule is Cc1c(C)c(N=Cc2ccccn2)c(C)c(C)c1N=CCc1ccccn1.Cl.Cl.Cl.Cl.[Pd].[Pd]. The van der Waals surface area contributed by atoms with Gasteiger partial charge in [-0.1, -0.05) is 12.1 Å². The van der Waals surface area contributed by atoms with E-state index in [9.17, 15) is 0 Å². The fraction of sp³-hybridized carbons (Fsp3) is 0.217. The van der Waals surface area contributed by atoms with Crippen LogP contribution in [0.5, 0.6) is 0 Å². The number of hydrogen-bond donors (Lipinski definition) is 0. The Morgan fingerprint density at radius 2 is 1.15 bits per heavy atom. The molecule has 0 aliphatic heterocycles. The van der Waals surface area contributed by atoms with Gasteiger partial charge in [-0.25, -0.2) is 0 Å². The molecule has 0 fully saturated rings. The van der Waals surface area contributed by atoms with Gasteiger partial charge >= 0.3 is 0 Å². The number of nitrogens with zero attached hydrogens (tertiary/aromatic N) is 4. The van der Waals surface area contributed by atoms with Gasteiger partial charge < -0.3 is 0 Å². The molecule has 0 radical (unpaired) electrons. The Labute approximate surface area is 249 Å². The van der Waals surface area contributed by atoms with Gasteiger partial charge in [-0.3, -0.25) is 20.0 Å². The van der Waals surface area contributed by atoms with Crippen LogP contribution in [0.3, 0.4) is 0 Å². The van der Waals surface area contributed by atoms with Crippen molar-refractivity contribution in [2.75, 3.05) is 0 Å². The average molecular weight is 715 g/mol. The summed E-state index contributed by atoms with van der Waals surface area (Å²) in [5, 5.41) is 0. The fourth-order valence-corrected chi connectivity index (χ4v) is 2.99. The molecule has 2 aromatic heterocycles. The Hall–Kier alpha value is -0.655. The topological polar surface area (TPSA) is 50.5 Å². The van der Waals surface area contributed by atoms with Crippen LogP contribution in [0.15, 0.2) is 58.8 Å². The average Bonchev–Trinajstić information content (AvgIpc) is 2.70. The Kier molecular flexibility index (Phi) is 23.5. The van der Waals surface area contributed by atoms with Crippen LogP contribution < -0.4 is 0 Å². The summed E-state index contributed by atoms with van der Waals surface area (Å²) in [4.78, 5) is 18.1. The Balaban J connectivity index is -0.000000701. The summed E-state index contributed by atoms with van der Waals surface area (Å²) in [5.74, 6) is 0. The molecule has 0 aliphatic rings. The van der Waals surface area contributed by atoms with Crippen molar-refractivity contribution < 1.29 is 40.8 Å². The van der Waals surface area contributed by atoms with Crippen LogP contribution in [0.25, 0.3) is 0 Å². The summed E-state index contributed by atoms with van der Waals surface area (Å²) in [6, 6.07) is 11.7. The van der Waals surface area contributed by atoms with Crippen LogP contribution in [0.4, 0.5) is 11.4 Å². The van der Waals surface area contributed by atoms with E-state index in [0.717, 1.165) is 51.4 Å². The number of pyridine rings is 2. The second kappa shape index (κ2) is 19.6. The maximum Gasteiger partial charge on any atom is 0.0812 e. The molecule has 0 bridgehead atoms. The van der Waals surface area contributed by atoms with Crippen molar-refractivity contribution >= 4 is 73.4 Å². The molecule has 4 nitrogen and oxygen atoms in total. The van der Waals surface area contributed by atoms with Gasteiger partial charge in [-0.05, 0) is 74.2 Å². The van der Waals surface area contributed by atoms with Gasteiger partial charge in [0.2, 0.25) is 0 Å². The van der Waals surface area contributed by atoms with E-state index in [0.29, 0.717) is 0 Å². The van der Waals surface area contributed by atoms with Crippen LogP contribution in [0.2, 0.25) is 0 Å². The van der Waals surface area contributed by atoms with Crippen molar-refractivity contribution in [1.82, 2.24) is 9.97 Å². The first kappa shape index (κ1) is 39.6. The van der Waals surface area contributed by atoms with Crippen LogP contribution >= 0.6 is 49.6 Å². The van der Waals surface area contributed by atoms with E-state index < -0.39 is 0 Å². The Morgan fingerprint density at radius 3 is 1.61 bits per heavy atom. The molecule has 3 aromatic rings. The molecule has 2 heterocycles. The molecule has 0 atom stereocenters. The van der Waals surface area contributed by atoms with E-state index in [4.69, 9.17) is 9.98 Å². The Bertz CT molecular complexity index is 973. The first-order valence-electron chi connectivity index (χ1n) is 9.06. The number of benzene rings is 1. The van der Waals surface area contributed by atoms with Crippen LogP contribution in [0, 0.1) is 27.7 Å². The molecule has 0 aliphatic carbocycles. The maximum absolute atomic E-state index is 4.75. The van der Waals surface area contributed by atoms with Crippen molar-refractivity contribution in [1.29, 1.82) is 0 Å². The van der Waals surface area contributed by atoms with Gasteiger partial charge in [0.15, 0.2) is 0 Å². The molecule has 3 rings (SSSR count). The predicted octanol–water partition coefficient (Wildman–Crippen LogP) is 7.09. The minimum Gasteiger partial charge on any atom is -0.261 e. The molecular formula is C23H28Cl4N4Pd2. The van der Waals surface area contributed by atoms with Crippen molar-refractivity contribution in [3.05, 3.63) is 82.4 Å². The van der Waals surface area contributed by atoms with E-state index >= 15 is 0 Å². The standard InChI is InChI=1S/C23H24N4.4ClH.2Pd/c1-16-18(3)23(27-15-21-10-6-8-13-25-21)19(4)17(2)22(16)26-14-11-20-9-5-7-12-24-20;;;;;;/h5-10,12-15H,11H2,1-4H3;4*1H;;. The quantitative estimate of drug-likeness (QED) is 0.210. The molecule has 0 amide bonds. The van der Waals surface area contributed by atoms with Gasteiger partial charge in [0.25, 0.3) is 0 Å². The first-order chi connectivity index (χ1) is 13.1. The van der Waals surface area contributed by atoms with Crippen LogP contribution in [-0.2, 0) is 47.3 Å². The molecular weight excluding hydrogens is 687 g/mol. The molecule has 0 unspecified atom stereocenters. The van der Waals surface area contributed by atoms with E-state index in [2.05, 4.69) is 37.7 Å². The number of aromatic nitrogens is 2. The number of hydrogen-bond acceptors (Lipinski definition) is 4. The third-order valence-corrected chi connectivity index (χ3v) is 4.81. The summed E-state index contributed by atoms with van der Waals surface area (Å²) in [6.07, 6.45) is 8.06. The van der Waals surface area contributed by atoms with E-state index in [1.165, 1.54) is 0 Å². The largest absolute Gasteiger partial charge is 0.261 e. The predicted molar refractivity (Wildman–Crippen MR) is 142 cm³/mol. The summed E-state index contributed by atoms with van der Waals surface area (Å²) in [5.41, 5.74) is 8.50. The van der Waals surface area contributed by atoms with Gasteiger partial charge in [0.1, 0.15) is 0 Å². The number of rotatable bonds is 5. The van der Waals surface area contributed by atoms with E-state index in [-0.39, 0.29) is 90.5 Å². The fourth-order valence-electron chi connectivity index (χ4n) is 2.99. The normalized spacial score (nSPS) is 9.45. The second-order valence-electron chi connectivity index (χ2n) is 6.55. The zero-order chi connectivity index (χ0) is 19.2. The van der Waals surface area contributed by atoms with Crippen LogP contribution in [0.1, 0.15) is 33.6 Å². The molecule has 0 spiro atoms. The van der Waals surface area contributed by atoms with E-state index in [1.54, 1.807) is 6.20 Å². The van der Waals surface area contributed by atoms with Crippen molar-refractivity contribution in [2.24, 2.45) is 9.98 Å². The third-order valence-electron chi connectivity index (χ3n) is 4.81. The molecule has 33 heavy (non-hydrogen) atoms. The second-order valence-corrected chi connectivity index (χ2v) is 6.55. The molecule has 0 N–H and O–H groups in total. The van der Waals surface area contributed by atoms with Crippen LogP contribution in [-0.4, -0.2) is 22.4 Å². The van der Waals surface area contributed by atoms with Crippen molar-refractivity contribution in [3.63, 3.8) is 0 Å². The summed E-state index contributed by atoms with van der Waals surface area (Å²) in [7, 11) is 0. The monoisotopic (exact) mass is 712 g/mol. The van der Waals surface area contributed by atoms with Gasteiger partial charge in [0.05, 0.1) is 23.3 Å². The molecule has 1 aromatic carbocycles. The summed E-state index contributed by atoms with van der Waals surface area (Å²) >= 11 is 0. The molecule has 0 saturated heterocycles. The first-order valence-corrected chi connectivity index (χ1v) is 9.06. The van der Waals surface area contributed by atoms with Gasteiger partial charge in [0, 0.05) is 71.6 Å². The number of halogens is 4. The third kappa shape index (κ3) is 10.6. The van der Waals surface area contributed by atoms with Gasteiger partial charge in [-0.2, -0.15) is 0 Å². The summed E-state index contributed by atoms with van der Waals surface area (Å²) in [6.45, 7) is 8.42. The number of aliphatic imine (C=N–C) groups is 2. The van der Waals surface area contributed by atoms with Crippen molar-refractivity contribution in [2.45, 2.75) is 34.1 Å². The molecule has 188 valence electrons. The zero-order valence-corrected chi connectivity index (χ0v) is 24.9. The van der Waals surface area contributed by atoms with Crippen molar-refractivity contribution in [3.8, 4) is 0 Å². The molecule has 0 saturated carbocycles. The zero-order valence-electron chi connectivity index (χ0n) is 18.5. The minimum atomic E-state index is 0. The van der Waals surface area contributed by atoms with Gasteiger partial charge in [-0.15, -0.1) is 49.6 Å². The molecule has 10 heteroatoms. The summed E-state index contributed by atoms with van der Waals surface area (Å²) < 4.78 is 0. The maximum atomic E-state index is 4.75.